The number of aromatic nitrogens is 1. The highest BCUT2D eigenvalue weighted by Crippen LogP contribution is 2.12. The number of halogens is 1. The van der Waals surface area contributed by atoms with Crippen LogP contribution in [0.4, 0.5) is 16.3 Å². The van der Waals surface area contributed by atoms with Gasteiger partial charge in [0.25, 0.3) is 0 Å². The van der Waals surface area contributed by atoms with Crippen molar-refractivity contribution in [3.8, 4) is 6.07 Å². The number of benzene rings is 1. The fourth-order valence-corrected chi connectivity index (χ4v) is 1.59. The molecule has 0 aliphatic carbocycles. The van der Waals surface area contributed by atoms with Crippen LogP contribution in [-0.2, 0) is 0 Å². The van der Waals surface area contributed by atoms with E-state index in [2.05, 4.69) is 31.5 Å². The summed E-state index contributed by atoms with van der Waals surface area (Å²) in [6.07, 6.45) is 1.59. The van der Waals surface area contributed by atoms with Gasteiger partial charge in [-0.3, -0.25) is 5.32 Å². The van der Waals surface area contributed by atoms with Gasteiger partial charge in [0.15, 0.2) is 0 Å². The van der Waals surface area contributed by atoms with Gasteiger partial charge in [-0.1, -0.05) is 0 Å². The van der Waals surface area contributed by atoms with E-state index in [4.69, 9.17) is 5.26 Å². The molecule has 0 aliphatic rings. The molecule has 2 amide bonds. The van der Waals surface area contributed by atoms with E-state index in [1.54, 1.807) is 42.6 Å². The van der Waals surface area contributed by atoms with Gasteiger partial charge in [-0.15, -0.1) is 0 Å². The zero-order valence-electron chi connectivity index (χ0n) is 9.72. The second-order valence-electron chi connectivity index (χ2n) is 3.63. The number of hydrogen-bond donors (Lipinski definition) is 2. The summed E-state index contributed by atoms with van der Waals surface area (Å²) in [6, 6.07) is 11.7. The van der Waals surface area contributed by atoms with Crippen molar-refractivity contribution in [1.82, 2.24) is 4.98 Å². The average Bonchev–Trinajstić information content (AvgIpc) is 2.42. The molecule has 0 saturated heterocycles. The summed E-state index contributed by atoms with van der Waals surface area (Å²) in [6.45, 7) is 0. The fraction of sp³-hybridized carbons (Fsp3) is 0. The van der Waals surface area contributed by atoms with E-state index in [1.165, 1.54) is 0 Å². The molecule has 0 radical (unpaired) electrons. The molecule has 2 rings (SSSR count). The Labute approximate surface area is 118 Å². The lowest BCUT2D eigenvalue weighted by atomic mass is 10.2. The van der Waals surface area contributed by atoms with Crippen LogP contribution in [0.5, 0.6) is 0 Å². The Kier molecular flexibility index (Phi) is 4.11. The molecule has 1 aromatic heterocycles. The van der Waals surface area contributed by atoms with Gasteiger partial charge in [-0.2, -0.15) is 5.26 Å². The molecule has 5 nitrogen and oxygen atoms in total. The Hall–Kier alpha value is -2.39. The summed E-state index contributed by atoms with van der Waals surface area (Å²) < 4.78 is 0.838. The SMILES string of the molecule is N#Cc1ccc(NC(=O)Nc2ccc(Br)cn2)cc1. The van der Waals surface area contributed by atoms with Crippen molar-refractivity contribution in [3.05, 3.63) is 52.6 Å². The van der Waals surface area contributed by atoms with E-state index in [9.17, 15) is 4.79 Å². The van der Waals surface area contributed by atoms with Crippen molar-refractivity contribution >= 4 is 33.5 Å². The second kappa shape index (κ2) is 5.98. The van der Waals surface area contributed by atoms with Gasteiger partial charge < -0.3 is 5.32 Å². The standard InChI is InChI=1S/C13H9BrN4O/c14-10-3-6-12(16-8-10)18-13(19)17-11-4-1-9(7-15)2-5-11/h1-6,8H,(H2,16,17,18,19). The minimum atomic E-state index is -0.389. The van der Waals surface area contributed by atoms with Crippen LogP contribution in [0, 0.1) is 11.3 Å². The smallest absolute Gasteiger partial charge is 0.308 e. The third-order valence-corrected chi connectivity index (χ3v) is 2.71. The summed E-state index contributed by atoms with van der Waals surface area (Å²) >= 11 is 3.26. The molecule has 0 saturated carbocycles. The Bertz CT molecular complexity index is 617. The Morgan fingerprint density at radius 2 is 1.89 bits per heavy atom. The summed E-state index contributed by atoms with van der Waals surface area (Å²) in [5.74, 6) is 0.453. The van der Waals surface area contributed by atoms with Gasteiger partial charge in [0, 0.05) is 16.4 Å². The zero-order chi connectivity index (χ0) is 13.7. The van der Waals surface area contributed by atoms with Crippen molar-refractivity contribution in [2.75, 3.05) is 10.6 Å². The molecule has 0 aliphatic heterocycles. The lowest BCUT2D eigenvalue weighted by Crippen LogP contribution is -2.19. The highest BCUT2D eigenvalue weighted by molar-refractivity contribution is 9.10. The van der Waals surface area contributed by atoms with Gasteiger partial charge in [-0.25, -0.2) is 9.78 Å². The molecule has 2 aromatic rings. The third-order valence-electron chi connectivity index (χ3n) is 2.24. The topological polar surface area (TPSA) is 77.8 Å². The molecular weight excluding hydrogens is 308 g/mol. The number of nitriles is 1. The molecule has 1 heterocycles. The highest BCUT2D eigenvalue weighted by atomic mass is 79.9. The largest absolute Gasteiger partial charge is 0.324 e. The molecule has 0 atom stereocenters. The second-order valence-corrected chi connectivity index (χ2v) is 4.55. The van der Waals surface area contributed by atoms with Crippen LogP contribution in [0.3, 0.4) is 0 Å². The predicted molar refractivity (Wildman–Crippen MR) is 75.7 cm³/mol. The summed E-state index contributed by atoms with van der Waals surface area (Å²) in [4.78, 5) is 15.7. The lowest BCUT2D eigenvalue weighted by molar-refractivity contribution is 0.262. The van der Waals surface area contributed by atoms with Crippen molar-refractivity contribution < 1.29 is 4.79 Å². The summed E-state index contributed by atoms with van der Waals surface area (Å²) in [5, 5.41) is 13.9. The molecule has 0 bridgehead atoms. The third kappa shape index (κ3) is 3.79. The Balaban J connectivity index is 1.97. The molecule has 19 heavy (non-hydrogen) atoms. The van der Waals surface area contributed by atoms with E-state index in [0.717, 1.165) is 4.47 Å². The number of amides is 2. The Morgan fingerprint density at radius 3 is 2.47 bits per heavy atom. The first-order valence-corrected chi connectivity index (χ1v) is 6.16. The number of urea groups is 1. The van der Waals surface area contributed by atoms with Crippen LogP contribution in [0.25, 0.3) is 0 Å². The summed E-state index contributed by atoms with van der Waals surface area (Å²) in [5.41, 5.74) is 1.15. The van der Waals surface area contributed by atoms with Crippen LogP contribution >= 0.6 is 15.9 Å². The number of anilines is 2. The van der Waals surface area contributed by atoms with E-state index in [-0.39, 0.29) is 6.03 Å². The quantitative estimate of drug-likeness (QED) is 0.891. The average molecular weight is 317 g/mol. The highest BCUT2D eigenvalue weighted by Gasteiger charge is 2.03. The van der Waals surface area contributed by atoms with Crippen LogP contribution in [0.2, 0.25) is 0 Å². The minimum Gasteiger partial charge on any atom is -0.308 e. The number of nitrogens with one attached hydrogen (secondary N) is 2. The fourth-order valence-electron chi connectivity index (χ4n) is 1.36. The first kappa shape index (κ1) is 13.1. The maximum Gasteiger partial charge on any atom is 0.324 e. The number of pyridine rings is 1. The molecule has 1 aromatic carbocycles. The minimum absolute atomic E-state index is 0.389. The molecule has 6 heteroatoms. The number of carbonyl (C=O) groups excluding carboxylic acids is 1. The Morgan fingerprint density at radius 1 is 1.16 bits per heavy atom. The van der Waals surface area contributed by atoms with Crippen LogP contribution in [-0.4, -0.2) is 11.0 Å². The van der Waals surface area contributed by atoms with Gasteiger partial charge in [0.2, 0.25) is 0 Å². The molecule has 0 unspecified atom stereocenters. The first-order chi connectivity index (χ1) is 9.17. The normalized spacial score (nSPS) is 9.47. The number of rotatable bonds is 2. The van der Waals surface area contributed by atoms with Crippen LogP contribution in [0.15, 0.2) is 47.1 Å². The zero-order valence-corrected chi connectivity index (χ0v) is 11.3. The predicted octanol–water partition coefficient (Wildman–Crippen LogP) is 3.36. The maximum atomic E-state index is 11.7. The molecule has 0 fully saturated rings. The molecular formula is C13H9BrN4O. The van der Waals surface area contributed by atoms with Crippen LogP contribution < -0.4 is 10.6 Å². The van der Waals surface area contributed by atoms with Crippen LogP contribution in [0.1, 0.15) is 5.56 Å². The van der Waals surface area contributed by atoms with Crippen molar-refractivity contribution in [3.63, 3.8) is 0 Å². The molecule has 2 N–H and O–H groups in total. The molecule has 94 valence electrons. The van der Waals surface area contributed by atoms with E-state index < -0.39 is 0 Å². The van der Waals surface area contributed by atoms with E-state index in [1.807, 2.05) is 6.07 Å². The first-order valence-electron chi connectivity index (χ1n) is 5.37. The number of nitrogens with zero attached hydrogens (tertiary/aromatic N) is 2. The monoisotopic (exact) mass is 316 g/mol. The number of hydrogen-bond acceptors (Lipinski definition) is 3. The van der Waals surface area contributed by atoms with Gasteiger partial charge in [0.05, 0.1) is 11.6 Å². The van der Waals surface area contributed by atoms with Crippen molar-refractivity contribution in [1.29, 1.82) is 5.26 Å². The van der Waals surface area contributed by atoms with E-state index >= 15 is 0 Å². The summed E-state index contributed by atoms with van der Waals surface area (Å²) in [7, 11) is 0. The lowest BCUT2D eigenvalue weighted by Gasteiger charge is -2.06. The number of carbonyl (C=O) groups is 1. The molecule has 0 spiro atoms. The van der Waals surface area contributed by atoms with Gasteiger partial charge >= 0.3 is 6.03 Å². The van der Waals surface area contributed by atoms with Gasteiger partial charge in [0.1, 0.15) is 5.82 Å². The van der Waals surface area contributed by atoms with Crippen molar-refractivity contribution in [2.45, 2.75) is 0 Å². The van der Waals surface area contributed by atoms with E-state index in [0.29, 0.717) is 17.1 Å². The maximum absolute atomic E-state index is 11.7. The van der Waals surface area contributed by atoms with Crippen molar-refractivity contribution in [2.24, 2.45) is 0 Å². The van der Waals surface area contributed by atoms with Gasteiger partial charge in [-0.05, 0) is 52.3 Å².